The third kappa shape index (κ3) is 11.4. The predicted molar refractivity (Wildman–Crippen MR) is 62.8 cm³/mol. The van der Waals surface area contributed by atoms with Crippen molar-refractivity contribution in [3.8, 4) is 0 Å². The fourth-order valence-electron chi connectivity index (χ4n) is 1.42. The monoisotopic (exact) mass is 215 g/mol. The Labute approximate surface area is 93.6 Å². The van der Waals surface area contributed by atoms with Gasteiger partial charge in [0.25, 0.3) is 0 Å². The van der Waals surface area contributed by atoms with E-state index < -0.39 is 0 Å². The molecule has 0 aromatic heterocycles. The minimum Gasteiger partial charge on any atom is -0.468 e. The van der Waals surface area contributed by atoms with E-state index in [2.05, 4.69) is 23.9 Å². The first kappa shape index (κ1) is 14.4. The van der Waals surface area contributed by atoms with Gasteiger partial charge in [-0.2, -0.15) is 0 Å². The molecule has 0 aromatic carbocycles. The number of carbonyl (C=O) groups is 1. The van der Waals surface area contributed by atoms with E-state index >= 15 is 0 Å². The number of methoxy groups -OCH3 is 1. The quantitative estimate of drug-likeness (QED) is 0.474. The van der Waals surface area contributed by atoms with Gasteiger partial charge in [-0.25, -0.2) is 0 Å². The van der Waals surface area contributed by atoms with Crippen molar-refractivity contribution in [2.24, 2.45) is 5.92 Å². The minimum absolute atomic E-state index is 0.185. The summed E-state index contributed by atoms with van der Waals surface area (Å²) in [4.78, 5) is 10.7. The van der Waals surface area contributed by atoms with Crippen LogP contribution in [0.5, 0.6) is 0 Å². The third-order valence-electron chi connectivity index (χ3n) is 2.38. The van der Waals surface area contributed by atoms with Gasteiger partial charge in [0.1, 0.15) is 0 Å². The average molecular weight is 215 g/mol. The highest BCUT2D eigenvalue weighted by Gasteiger charge is 1.98. The largest absolute Gasteiger partial charge is 0.468 e. The summed E-state index contributed by atoms with van der Waals surface area (Å²) in [6.07, 6.45) is 6.36. The number of hydrogen-bond acceptors (Lipinski definition) is 3. The summed E-state index contributed by atoms with van der Waals surface area (Å²) in [6, 6.07) is 0. The molecule has 0 saturated heterocycles. The molecule has 15 heavy (non-hydrogen) atoms. The number of nitrogens with one attached hydrogen (secondary N) is 1. The van der Waals surface area contributed by atoms with Crippen LogP contribution < -0.4 is 5.32 Å². The molecule has 0 fully saturated rings. The van der Waals surface area contributed by atoms with Gasteiger partial charge in [0.05, 0.1) is 13.7 Å². The molecule has 0 radical (unpaired) electrons. The average Bonchev–Trinajstić information content (AvgIpc) is 2.21. The molecule has 0 unspecified atom stereocenters. The summed E-state index contributed by atoms with van der Waals surface area (Å²) >= 11 is 0. The van der Waals surface area contributed by atoms with Crippen LogP contribution in [0, 0.1) is 5.92 Å². The molecule has 0 amide bonds. The van der Waals surface area contributed by atoms with Crippen molar-refractivity contribution in [1.29, 1.82) is 0 Å². The van der Waals surface area contributed by atoms with Crippen LogP contribution in [0.2, 0.25) is 0 Å². The number of esters is 1. The van der Waals surface area contributed by atoms with Crippen molar-refractivity contribution in [2.75, 3.05) is 20.2 Å². The molecule has 0 heterocycles. The maximum atomic E-state index is 10.7. The van der Waals surface area contributed by atoms with Crippen LogP contribution in [-0.4, -0.2) is 26.2 Å². The summed E-state index contributed by atoms with van der Waals surface area (Å²) in [5.41, 5.74) is 0. The Morgan fingerprint density at radius 1 is 1.20 bits per heavy atom. The first-order valence-corrected chi connectivity index (χ1v) is 5.94. The van der Waals surface area contributed by atoms with Crippen molar-refractivity contribution in [3.63, 3.8) is 0 Å². The van der Waals surface area contributed by atoms with E-state index in [4.69, 9.17) is 0 Å². The lowest BCUT2D eigenvalue weighted by Crippen LogP contribution is -2.24. The molecule has 0 bridgehead atoms. The van der Waals surface area contributed by atoms with Gasteiger partial charge in [0.15, 0.2) is 0 Å². The van der Waals surface area contributed by atoms with Gasteiger partial charge in [-0.1, -0.05) is 39.5 Å². The molecule has 90 valence electrons. The van der Waals surface area contributed by atoms with Gasteiger partial charge in [-0.3, -0.25) is 4.79 Å². The summed E-state index contributed by atoms with van der Waals surface area (Å²) in [5, 5.41) is 3.06. The van der Waals surface area contributed by atoms with E-state index in [9.17, 15) is 4.79 Å². The highest BCUT2D eigenvalue weighted by atomic mass is 16.5. The van der Waals surface area contributed by atoms with Gasteiger partial charge in [0, 0.05) is 0 Å². The number of rotatable bonds is 9. The van der Waals surface area contributed by atoms with Crippen LogP contribution in [0.4, 0.5) is 0 Å². The van der Waals surface area contributed by atoms with Crippen LogP contribution >= 0.6 is 0 Å². The summed E-state index contributed by atoms with van der Waals surface area (Å²) in [5.74, 6) is 0.636. The Bertz CT molecular complexity index is 158. The molecule has 1 N–H and O–H groups in total. The molecule has 0 aliphatic carbocycles. The van der Waals surface area contributed by atoms with Gasteiger partial charge in [-0.05, 0) is 18.9 Å². The first-order chi connectivity index (χ1) is 7.16. The molecule has 0 aliphatic rings. The Kier molecular flexibility index (Phi) is 9.59. The number of carbonyl (C=O) groups excluding carboxylic acids is 1. The van der Waals surface area contributed by atoms with Gasteiger partial charge >= 0.3 is 5.97 Å². The number of hydrogen-bond donors (Lipinski definition) is 1. The van der Waals surface area contributed by atoms with Crippen molar-refractivity contribution in [3.05, 3.63) is 0 Å². The van der Waals surface area contributed by atoms with Crippen LogP contribution in [0.3, 0.4) is 0 Å². The van der Waals surface area contributed by atoms with Crippen LogP contribution in [-0.2, 0) is 9.53 Å². The van der Waals surface area contributed by atoms with Crippen molar-refractivity contribution in [1.82, 2.24) is 5.32 Å². The summed E-state index contributed by atoms with van der Waals surface area (Å²) in [7, 11) is 1.41. The smallest absolute Gasteiger partial charge is 0.319 e. The maximum absolute atomic E-state index is 10.7. The third-order valence-corrected chi connectivity index (χ3v) is 2.38. The fourth-order valence-corrected chi connectivity index (χ4v) is 1.42. The van der Waals surface area contributed by atoms with Gasteiger partial charge in [0.2, 0.25) is 0 Å². The van der Waals surface area contributed by atoms with E-state index in [1.165, 1.54) is 32.8 Å². The van der Waals surface area contributed by atoms with E-state index in [1.807, 2.05) is 0 Å². The molecule has 0 saturated carbocycles. The fraction of sp³-hybridized carbons (Fsp3) is 0.917. The summed E-state index contributed by atoms with van der Waals surface area (Å²) in [6.45, 7) is 5.77. The van der Waals surface area contributed by atoms with Crippen LogP contribution in [0.25, 0.3) is 0 Å². The van der Waals surface area contributed by atoms with Crippen molar-refractivity contribution < 1.29 is 9.53 Å². The lowest BCUT2D eigenvalue weighted by Gasteiger charge is -2.05. The Morgan fingerprint density at radius 3 is 2.47 bits per heavy atom. The van der Waals surface area contributed by atoms with Crippen LogP contribution in [0.15, 0.2) is 0 Å². The SMILES string of the molecule is COC(=O)CNCCCCCCC(C)C. The first-order valence-electron chi connectivity index (χ1n) is 5.94. The number of unbranched alkanes of at least 4 members (excludes halogenated alkanes) is 3. The Balaban J connectivity index is 3.02. The lowest BCUT2D eigenvalue weighted by molar-refractivity contribution is -0.139. The molecular formula is C12H25NO2. The normalized spacial score (nSPS) is 10.7. The van der Waals surface area contributed by atoms with E-state index in [-0.39, 0.29) is 5.97 Å². The molecule has 0 spiro atoms. The molecule has 3 nitrogen and oxygen atoms in total. The molecule has 0 atom stereocenters. The molecule has 0 aliphatic heterocycles. The lowest BCUT2D eigenvalue weighted by atomic mass is 10.0. The number of ether oxygens (including phenoxy) is 1. The second-order valence-corrected chi connectivity index (χ2v) is 4.35. The standard InChI is InChI=1S/C12H25NO2/c1-11(2)8-6-4-5-7-9-13-10-12(14)15-3/h11,13H,4-10H2,1-3H3. The highest BCUT2D eigenvalue weighted by Crippen LogP contribution is 2.08. The van der Waals surface area contributed by atoms with Gasteiger partial charge < -0.3 is 10.1 Å². The zero-order valence-corrected chi connectivity index (χ0v) is 10.3. The molecule has 3 heteroatoms. The van der Waals surface area contributed by atoms with Gasteiger partial charge in [-0.15, -0.1) is 0 Å². The zero-order chi connectivity index (χ0) is 11.5. The summed E-state index contributed by atoms with van der Waals surface area (Å²) < 4.78 is 4.52. The zero-order valence-electron chi connectivity index (χ0n) is 10.3. The minimum atomic E-state index is -0.185. The predicted octanol–water partition coefficient (Wildman–Crippen LogP) is 2.36. The maximum Gasteiger partial charge on any atom is 0.319 e. The second-order valence-electron chi connectivity index (χ2n) is 4.35. The van der Waals surface area contributed by atoms with E-state index in [0.29, 0.717) is 6.54 Å². The van der Waals surface area contributed by atoms with Crippen molar-refractivity contribution >= 4 is 5.97 Å². The molecule has 0 rings (SSSR count). The van der Waals surface area contributed by atoms with E-state index in [0.717, 1.165) is 18.9 Å². The second kappa shape index (κ2) is 9.97. The molecular weight excluding hydrogens is 190 g/mol. The highest BCUT2D eigenvalue weighted by molar-refractivity contribution is 5.71. The Hall–Kier alpha value is -0.570. The Morgan fingerprint density at radius 2 is 1.87 bits per heavy atom. The topological polar surface area (TPSA) is 38.3 Å². The molecule has 0 aromatic rings. The van der Waals surface area contributed by atoms with E-state index in [1.54, 1.807) is 0 Å². The van der Waals surface area contributed by atoms with Crippen LogP contribution in [0.1, 0.15) is 46.0 Å². The van der Waals surface area contributed by atoms with Crippen molar-refractivity contribution in [2.45, 2.75) is 46.0 Å².